The highest BCUT2D eigenvalue weighted by molar-refractivity contribution is 6.23. The molecule has 1 amide bonds. The van der Waals surface area contributed by atoms with Gasteiger partial charge in [-0.05, 0) is 50.7 Å². The molecule has 0 saturated carbocycles. The molecule has 2 atom stereocenters. The minimum Gasteiger partial charge on any atom is -0.469 e. The van der Waals surface area contributed by atoms with Gasteiger partial charge < -0.3 is 19.5 Å². The number of ether oxygens (including phenoxy) is 3. The summed E-state index contributed by atoms with van der Waals surface area (Å²) in [6.07, 6.45) is 16.0. The van der Waals surface area contributed by atoms with Gasteiger partial charge in [0.15, 0.2) is 5.79 Å². The summed E-state index contributed by atoms with van der Waals surface area (Å²) in [4.78, 5) is 32.8. The van der Waals surface area contributed by atoms with Gasteiger partial charge >= 0.3 is 5.97 Å². The number of allylic oxidation sites excluding steroid dienone is 8. The average Bonchev–Trinajstić information content (AvgIpc) is 3.37. The maximum Gasteiger partial charge on any atom is 0.305 e. The second-order valence-corrected chi connectivity index (χ2v) is 7.80. The standard InChI is InChI=1S/C16H25NO6.C7H6/c1-16(2)22-11-12(15(23-16)17-13(19)10-18)8-6-4-5-7-9-14(20)21-3;1-2-7-4-3-6(1)5-7/h4,6,10,12,15H,5,7-9,11H2,1-3H3,(H,17,19);1-4H,5H2/t12-,15+;/m0./s1. The molecule has 3 rings (SSSR count). The zero-order chi connectivity index (χ0) is 22.0. The van der Waals surface area contributed by atoms with Gasteiger partial charge in [0.1, 0.15) is 6.23 Å². The van der Waals surface area contributed by atoms with Crippen molar-refractivity contribution in [3.05, 3.63) is 47.6 Å². The maximum atomic E-state index is 11.3. The fraction of sp³-hybridized carbons (Fsp3) is 0.522. The van der Waals surface area contributed by atoms with Crippen LogP contribution in [0.2, 0.25) is 0 Å². The number of amides is 1. The van der Waals surface area contributed by atoms with Gasteiger partial charge in [0, 0.05) is 12.3 Å². The van der Waals surface area contributed by atoms with Crippen molar-refractivity contribution in [3.8, 4) is 0 Å². The molecule has 1 heterocycles. The maximum absolute atomic E-state index is 11.3. The number of nitrogens with one attached hydrogen (secondary N) is 1. The second kappa shape index (κ2) is 11.6. The van der Waals surface area contributed by atoms with Gasteiger partial charge in [-0.2, -0.15) is 0 Å². The van der Waals surface area contributed by atoms with E-state index in [9.17, 15) is 14.4 Å². The van der Waals surface area contributed by atoms with E-state index in [2.05, 4.69) is 34.4 Å². The van der Waals surface area contributed by atoms with E-state index in [0.717, 1.165) is 12.8 Å². The van der Waals surface area contributed by atoms with Crippen LogP contribution >= 0.6 is 0 Å². The number of hydrogen-bond acceptors (Lipinski definition) is 6. The lowest BCUT2D eigenvalue weighted by atomic mass is 10.0. The molecule has 0 aromatic carbocycles. The first-order valence-electron chi connectivity index (χ1n) is 10.2. The molecule has 0 radical (unpaired) electrons. The Morgan fingerprint density at radius 1 is 1.23 bits per heavy atom. The van der Waals surface area contributed by atoms with Crippen molar-refractivity contribution >= 4 is 18.2 Å². The number of methoxy groups -OCH3 is 1. The van der Waals surface area contributed by atoms with E-state index in [0.29, 0.717) is 19.4 Å². The van der Waals surface area contributed by atoms with E-state index >= 15 is 0 Å². The summed E-state index contributed by atoms with van der Waals surface area (Å²) in [5, 5.41) is 2.54. The van der Waals surface area contributed by atoms with Crippen molar-refractivity contribution in [2.45, 2.75) is 58.0 Å². The molecule has 164 valence electrons. The number of carbonyl (C=O) groups is 3. The Morgan fingerprint density at radius 2 is 1.93 bits per heavy atom. The number of carbonyl (C=O) groups excluding carboxylic acids is 3. The van der Waals surface area contributed by atoms with Gasteiger partial charge in [-0.15, -0.1) is 0 Å². The van der Waals surface area contributed by atoms with Gasteiger partial charge in [-0.1, -0.05) is 36.5 Å². The lowest BCUT2D eigenvalue weighted by Gasteiger charge is -2.40. The smallest absolute Gasteiger partial charge is 0.305 e. The van der Waals surface area contributed by atoms with Crippen molar-refractivity contribution in [2.24, 2.45) is 5.92 Å². The highest BCUT2D eigenvalue weighted by Gasteiger charge is 2.36. The summed E-state index contributed by atoms with van der Waals surface area (Å²) >= 11 is 0. The molecular weight excluding hydrogens is 386 g/mol. The van der Waals surface area contributed by atoms with Gasteiger partial charge in [0.2, 0.25) is 6.29 Å². The highest BCUT2D eigenvalue weighted by Crippen LogP contribution is 2.28. The minimum absolute atomic E-state index is 0.0798. The molecule has 1 N–H and O–H groups in total. The first kappa shape index (κ1) is 23.8. The normalized spacial score (nSPS) is 23.3. The number of fused-ring (bicyclic) bond motifs is 2. The van der Waals surface area contributed by atoms with E-state index in [-0.39, 0.29) is 18.2 Å². The largest absolute Gasteiger partial charge is 0.469 e. The van der Waals surface area contributed by atoms with Crippen LogP contribution in [0.3, 0.4) is 0 Å². The Kier molecular flexibility index (Phi) is 9.20. The molecule has 0 aromatic heterocycles. The topological polar surface area (TPSA) is 90.9 Å². The summed E-state index contributed by atoms with van der Waals surface area (Å²) in [5.41, 5.74) is 2.94. The molecule has 7 heteroatoms. The van der Waals surface area contributed by atoms with Crippen molar-refractivity contribution in [2.75, 3.05) is 13.7 Å². The fourth-order valence-corrected chi connectivity index (χ4v) is 3.21. The van der Waals surface area contributed by atoms with E-state index in [4.69, 9.17) is 9.47 Å². The van der Waals surface area contributed by atoms with Crippen LogP contribution in [0.5, 0.6) is 0 Å². The Morgan fingerprint density at radius 3 is 2.47 bits per heavy atom. The lowest BCUT2D eigenvalue weighted by molar-refractivity contribution is -0.297. The average molecular weight is 418 g/mol. The minimum atomic E-state index is -0.804. The lowest BCUT2D eigenvalue weighted by Crippen LogP contribution is -2.53. The quantitative estimate of drug-likeness (QED) is 0.215. The van der Waals surface area contributed by atoms with Crippen LogP contribution in [0.1, 0.15) is 46.0 Å². The Labute approximate surface area is 177 Å². The van der Waals surface area contributed by atoms with Crippen LogP contribution in [0, 0.1) is 5.92 Å². The zero-order valence-corrected chi connectivity index (χ0v) is 17.9. The van der Waals surface area contributed by atoms with Crippen molar-refractivity contribution in [1.82, 2.24) is 5.32 Å². The molecule has 1 saturated heterocycles. The third-order valence-electron chi connectivity index (χ3n) is 4.89. The summed E-state index contributed by atoms with van der Waals surface area (Å²) in [7, 11) is 1.37. The molecule has 3 aliphatic rings. The highest BCUT2D eigenvalue weighted by atomic mass is 16.7. The molecule has 2 aliphatic carbocycles. The fourth-order valence-electron chi connectivity index (χ4n) is 3.21. The summed E-state index contributed by atoms with van der Waals surface area (Å²) < 4.78 is 15.8. The summed E-state index contributed by atoms with van der Waals surface area (Å²) in [6, 6.07) is 0. The molecular formula is C23H31NO6. The van der Waals surface area contributed by atoms with E-state index in [1.807, 2.05) is 12.2 Å². The molecule has 2 bridgehead atoms. The van der Waals surface area contributed by atoms with Gasteiger partial charge in [0.05, 0.1) is 13.7 Å². The molecule has 30 heavy (non-hydrogen) atoms. The van der Waals surface area contributed by atoms with Crippen LogP contribution < -0.4 is 5.32 Å². The van der Waals surface area contributed by atoms with Gasteiger partial charge in [-0.25, -0.2) is 0 Å². The number of unbranched alkanes of at least 4 members (excludes halogenated alkanes) is 1. The van der Waals surface area contributed by atoms with Crippen molar-refractivity contribution in [3.63, 3.8) is 0 Å². The molecule has 1 fully saturated rings. The molecule has 7 nitrogen and oxygen atoms in total. The molecule has 0 aromatic rings. The van der Waals surface area contributed by atoms with Crippen LogP contribution in [0.25, 0.3) is 0 Å². The number of rotatable bonds is 8. The van der Waals surface area contributed by atoms with Crippen molar-refractivity contribution in [1.29, 1.82) is 0 Å². The third kappa shape index (κ3) is 8.08. The first-order chi connectivity index (χ1) is 14.3. The number of aldehydes is 1. The summed E-state index contributed by atoms with van der Waals surface area (Å²) in [5.74, 6) is -1.81. The van der Waals surface area contributed by atoms with Crippen LogP contribution in [-0.2, 0) is 28.6 Å². The predicted molar refractivity (Wildman–Crippen MR) is 112 cm³/mol. The van der Waals surface area contributed by atoms with Gasteiger partial charge in [0.25, 0.3) is 5.91 Å². The zero-order valence-electron chi connectivity index (χ0n) is 17.9. The predicted octanol–water partition coefficient (Wildman–Crippen LogP) is 3.13. The second-order valence-electron chi connectivity index (χ2n) is 7.80. The third-order valence-corrected chi connectivity index (χ3v) is 4.89. The SMILES string of the molecule is C1=CC2=CC=C1C2.COC(=O)CCCC=CC[C@H]1COC(C)(C)O[C@H]1NC(=O)C=O. The van der Waals surface area contributed by atoms with Gasteiger partial charge in [-0.3, -0.25) is 14.4 Å². The Balaban J connectivity index is 0.000000375. The Hall–Kier alpha value is -2.51. The monoisotopic (exact) mass is 417 g/mol. The van der Waals surface area contributed by atoms with Crippen molar-refractivity contribution < 1.29 is 28.6 Å². The first-order valence-corrected chi connectivity index (χ1v) is 10.2. The molecule has 0 unspecified atom stereocenters. The van der Waals surface area contributed by atoms with Crippen LogP contribution in [0.15, 0.2) is 47.6 Å². The number of hydrogen-bond donors (Lipinski definition) is 1. The van der Waals surface area contributed by atoms with E-state index < -0.39 is 17.9 Å². The Bertz CT molecular complexity index is 727. The van der Waals surface area contributed by atoms with E-state index in [1.54, 1.807) is 13.8 Å². The molecule has 1 aliphatic heterocycles. The van der Waals surface area contributed by atoms with E-state index in [1.165, 1.54) is 24.7 Å². The van der Waals surface area contributed by atoms with Crippen LogP contribution in [0.4, 0.5) is 0 Å². The van der Waals surface area contributed by atoms with Crippen LogP contribution in [-0.4, -0.2) is 43.9 Å². The number of esters is 1. The summed E-state index contributed by atoms with van der Waals surface area (Å²) in [6.45, 7) is 3.93. The molecule has 0 spiro atoms.